The van der Waals surface area contributed by atoms with Gasteiger partial charge in [-0.15, -0.1) is 0 Å². The molecule has 16 heavy (non-hydrogen) atoms. The number of hydrogen-bond acceptors (Lipinski definition) is 5. The molecule has 5 nitrogen and oxygen atoms in total. The number of aryl methyl sites for hydroxylation is 1. The van der Waals surface area contributed by atoms with Crippen molar-refractivity contribution in [1.29, 1.82) is 0 Å². The highest BCUT2D eigenvalue weighted by Crippen LogP contribution is 2.18. The average Bonchev–Trinajstić information content (AvgIpc) is 2.61. The topological polar surface area (TPSA) is 62.4 Å². The van der Waals surface area contributed by atoms with Crippen molar-refractivity contribution in [2.24, 2.45) is 0 Å². The summed E-state index contributed by atoms with van der Waals surface area (Å²) in [7, 11) is 1.93. The Morgan fingerprint density at radius 2 is 2.12 bits per heavy atom. The van der Waals surface area contributed by atoms with Crippen molar-refractivity contribution >= 4 is 0 Å². The summed E-state index contributed by atoms with van der Waals surface area (Å²) < 4.78 is 5.17. The molecule has 1 aromatic heterocycles. The summed E-state index contributed by atoms with van der Waals surface area (Å²) in [6.07, 6.45) is 0.769. The number of nitrogens with zero attached hydrogens (tertiary/aromatic N) is 3. The van der Waals surface area contributed by atoms with E-state index in [2.05, 4.69) is 10.1 Å². The first kappa shape index (κ1) is 13.1. The van der Waals surface area contributed by atoms with Gasteiger partial charge >= 0.3 is 0 Å². The third-order valence-electron chi connectivity index (χ3n) is 2.45. The Hall–Kier alpha value is -0.940. The molecule has 0 aliphatic carbocycles. The summed E-state index contributed by atoms with van der Waals surface area (Å²) in [5.41, 5.74) is -0.726. The van der Waals surface area contributed by atoms with E-state index in [0.717, 1.165) is 12.2 Å². The zero-order valence-electron chi connectivity index (χ0n) is 10.7. The van der Waals surface area contributed by atoms with Crippen molar-refractivity contribution in [3.8, 4) is 0 Å². The molecule has 1 rings (SSSR count). The third kappa shape index (κ3) is 3.57. The van der Waals surface area contributed by atoms with Crippen LogP contribution in [0.4, 0.5) is 0 Å². The number of likely N-dealkylation sites (N-methyl/N-ethyl adjacent to an activating group) is 1. The zero-order chi connectivity index (χ0) is 12.3. The number of rotatable bonds is 5. The van der Waals surface area contributed by atoms with Gasteiger partial charge in [0.15, 0.2) is 5.82 Å². The molecule has 92 valence electrons. The number of aliphatic hydroxyl groups is 1. The smallest absolute Gasteiger partial charge is 0.243 e. The van der Waals surface area contributed by atoms with Crippen molar-refractivity contribution in [2.75, 3.05) is 13.6 Å². The highest BCUT2D eigenvalue weighted by Gasteiger charge is 2.23. The molecule has 0 radical (unpaired) electrons. The maximum atomic E-state index is 9.73. The Morgan fingerprint density at radius 3 is 2.56 bits per heavy atom. The first-order valence-corrected chi connectivity index (χ1v) is 5.58. The Bertz CT molecular complexity index is 330. The van der Waals surface area contributed by atoms with Gasteiger partial charge in [0.2, 0.25) is 5.89 Å². The lowest BCUT2D eigenvalue weighted by molar-refractivity contribution is 0.0289. The third-order valence-corrected chi connectivity index (χ3v) is 2.45. The average molecular weight is 227 g/mol. The normalized spacial score (nSPS) is 14.4. The molecule has 0 aliphatic rings. The second kappa shape index (κ2) is 4.93. The van der Waals surface area contributed by atoms with E-state index in [1.807, 2.05) is 25.8 Å². The van der Waals surface area contributed by atoms with Crippen molar-refractivity contribution < 1.29 is 9.63 Å². The fourth-order valence-electron chi connectivity index (χ4n) is 1.52. The summed E-state index contributed by atoms with van der Waals surface area (Å²) in [4.78, 5) is 6.27. The SMILES string of the molecule is CCc1noc(C(C)N(C)CC(C)(C)O)n1. The minimum absolute atomic E-state index is 0.0132. The van der Waals surface area contributed by atoms with Crippen molar-refractivity contribution in [1.82, 2.24) is 15.0 Å². The molecule has 5 heteroatoms. The number of hydrogen-bond donors (Lipinski definition) is 1. The quantitative estimate of drug-likeness (QED) is 0.823. The maximum absolute atomic E-state index is 9.73. The van der Waals surface area contributed by atoms with E-state index in [-0.39, 0.29) is 6.04 Å². The molecule has 0 fully saturated rings. The molecule has 0 saturated carbocycles. The first-order valence-electron chi connectivity index (χ1n) is 5.58. The summed E-state index contributed by atoms with van der Waals surface area (Å²) in [5.74, 6) is 1.32. The maximum Gasteiger partial charge on any atom is 0.243 e. The zero-order valence-corrected chi connectivity index (χ0v) is 10.7. The predicted molar refractivity (Wildman–Crippen MR) is 61.0 cm³/mol. The van der Waals surface area contributed by atoms with Crippen LogP contribution in [0.25, 0.3) is 0 Å². The van der Waals surface area contributed by atoms with E-state index >= 15 is 0 Å². The van der Waals surface area contributed by atoms with Crippen LogP contribution in [0.5, 0.6) is 0 Å². The van der Waals surface area contributed by atoms with E-state index in [1.165, 1.54) is 0 Å². The van der Waals surface area contributed by atoms with Crippen LogP contribution in [0.2, 0.25) is 0 Å². The minimum atomic E-state index is -0.726. The minimum Gasteiger partial charge on any atom is -0.389 e. The van der Waals surface area contributed by atoms with Crippen LogP contribution >= 0.6 is 0 Å². The molecule has 0 aromatic carbocycles. The van der Waals surface area contributed by atoms with Gasteiger partial charge < -0.3 is 9.63 Å². The van der Waals surface area contributed by atoms with E-state index in [0.29, 0.717) is 12.4 Å². The molecule has 1 aromatic rings. The Kier molecular flexibility index (Phi) is 4.04. The monoisotopic (exact) mass is 227 g/mol. The molecular weight excluding hydrogens is 206 g/mol. The summed E-state index contributed by atoms with van der Waals surface area (Å²) in [6.45, 7) is 8.08. The molecule has 0 aliphatic heterocycles. The van der Waals surface area contributed by atoms with Crippen molar-refractivity contribution in [3.63, 3.8) is 0 Å². The lowest BCUT2D eigenvalue weighted by Gasteiger charge is -2.28. The summed E-state index contributed by atoms with van der Waals surface area (Å²) in [6, 6.07) is 0.0132. The molecule has 1 N–H and O–H groups in total. The fraction of sp³-hybridized carbons (Fsp3) is 0.818. The van der Waals surface area contributed by atoms with Gasteiger partial charge in [-0.3, -0.25) is 4.90 Å². The van der Waals surface area contributed by atoms with Crippen molar-refractivity contribution in [2.45, 2.75) is 45.8 Å². The van der Waals surface area contributed by atoms with Gasteiger partial charge in [-0.05, 0) is 27.8 Å². The first-order chi connectivity index (χ1) is 7.33. The van der Waals surface area contributed by atoms with Crippen LogP contribution in [0.3, 0.4) is 0 Å². The Morgan fingerprint density at radius 1 is 1.50 bits per heavy atom. The van der Waals surface area contributed by atoms with E-state index < -0.39 is 5.60 Å². The molecule has 0 bridgehead atoms. The Balaban J connectivity index is 2.66. The highest BCUT2D eigenvalue weighted by atomic mass is 16.5. The van der Waals surface area contributed by atoms with E-state index in [1.54, 1.807) is 13.8 Å². The lowest BCUT2D eigenvalue weighted by Crippen LogP contribution is -2.37. The van der Waals surface area contributed by atoms with Gasteiger partial charge in [0.25, 0.3) is 0 Å². The second-order valence-electron chi connectivity index (χ2n) is 4.81. The van der Waals surface area contributed by atoms with Crippen molar-refractivity contribution in [3.05, 3.63) is 11.7 Å². The van der Waals surface area contributed by atoms with Gasteiger partial charge in [0, 0.05) is 13.0 Å². The van der Waals surface area contributed by atoms with E-state index in [9.17, 15) is 5.11 Å². The van der Waals surface area contributed by atoms with Gasteiger partial charge in [-0.2, -0.15) is 4.98 Å². The standard InChI is InChI=1S/C11H21N3O2/c1-6-9-12-10(16-13-9)8(2)14(5)7-11(3,4)15/h8,15H,6-7H2,1-5H3. The Labute approximate surface area is 96.5 Å². The van der Waals surface area contributed by atoms with Crippen LogP contribution < -0.4 is 0 Å². The largest absolute Gasteiger partial charge is 0.389 e. The van der Waals surface area contributed by atoms with Crippen LogP contribution in [-0.2, 0) is 6.42 Å². The fourth-order valence-corrected chi connectivity index (χ4v) is 1.52. The van der Waals surface area contributed by atoms with Gasteiger partial charge in [0.05, 0.1) is 11.6 Å². The van der Waals surface area contributed by atoms with Gasteiger partial charge in [0.1, 0.15) is 0 Å². The second-order valence-corrected chi connectivity index (χ2v) is 4.81. The van der Waals surface area contributed by atoms with Crippen LogP contribution in [0.15, 0.2) is 4.52 Å². The molecule has 0 saturated heterocycles. The van der Waals surface area contributed by atoms with Gasteiger partial charge in [-0.25, -0.2) is 0 Å². The predicted octanol–water partition coefficient (Wildman–Crippen LogP) is 1.40. The highest BCUT2D eigenvalue weighted by molar-refractivity contribution is 4.92. The van der Waals surface area contributed by atoms with Crippen LogP contribution in [0.1, 0.15) is 45.5 Å². The van der Waals surface area contributed by atoms with Gasteiger partial charge in [-0.1, -0.05) is 12.1 Å². The van der Waals surface area contributed by atoms with Crippen LogP contribution in [-0.4, -0.2) is 39.3 Å². The van der Waals surface area contributed by atoms with E-state index in [4.69, 9.17) is 4.52 Å². The molecule has 0 amide bonds. The summed E-state index contributed by atoms with van der Waals surface area (Å²) in [5, 5.41) is 13.6. The van der Waals surface area contributed by atoms with Crippen LogP contribution in [0, 0.1) is 0 Å². The molecular formula is C11H21N3O2. The molecule has 1 atom stereocenters. The molecule has 0 spiro atoms. The lowest BCUT2D eigenvalue weighted by atomic mass is 10.1. The summed E-state index contributed by atoms with van der Waals surface area (Å²) >= 11 is 0. The molecule has 1 unspecified atom stereocenters. The molecule has 1 heterocycles. The number of aromatic nitrogens is 2.